The number of hydrogen-bond donors (Lipinski definition) is 2. The lowest BCUT2D eigenvalue weighted by Gasteiger charge is -2.23. The lowest BCUT2D eigenvalue weighted by molar-refractivity contribution is -0.123. The van der Waals surface area contributed by atoms with Gasteiger partial charge < -0.3 is 10.1 Å². The van der Waals surface area contributed by atoms with Crippen LogP contribution in [0.3, 0.4) is 0 Å². The van der Waals surface area contributed by atoms with Crippen LogP contribution in [0.4, 0.5) is 10.1 Å². The number of nitrogens with zero attached hydrogens (tertiary/aromatic N) is 2. The molecule has 0 bridgehead atoms. The highest BCUT2D eigenvalue weighted by molar-refractivity contribution is 7.92. The van der Waals surface area contributed by atoms with Crippen LogP contribution < -0.4 is 19.8 Å². The van der Waals surface area contributed by atoms with E-state index in [1.165, 1.54) is 6.21 Å². The monoisotopic (exact) mass is 588 g/mol. The number of anilines is 1. The maximum atomic E-state index is 13.4. The van der Waals surface area contributed by atoms with Crippen LogP contribution >= 0.6 is 0 Å². The second kappa shape index (κ2) is 14.0. The molecule has 0 saturated carbocycles. The minimum absolute atomic E-state index is 0.144. The Morgan fingerprint density at radius 3 is 2.21 bits per heavy atom. The lowest BCUT2D eigenvalue weighted by atomic mass is 10.2. The highest BCUT2D eigenvalue weighted by Crippen LogP contribution is 2.24. The molecule has 2 amide bonds. The highest BCUT2D eigenvalue weighted by atomic mass is 32.2. The number of carbonyl (C=O) groups is 2. The number of amides is 2. The van der Waals surface area contributed by atoms with Gasteiger partial charge >= 0.3 is 0 Å². The molecule has 0 unspecified atom stereocenters. The van der Waals surface area contributed by atoms with Crippen molar-refractivity contribution < 1.29 is 27.1 Å². The summed E-state index contributed by atoms with van der Waals surface area (Å²) in [7, 11) is -4.18. The van der Waals surface area contributed by atoms with Crippen LogP contribution in [0.1, 0.15) is 16.7 Å². The van der Waals surface area contributed by atoms with Crippen LogP contribution in [-0.2, 0) is 26.2 Å². The van der Waals surface area contributed by atoms with Gasteiger partial charge in [0.05, 0.1) is 16.8 Å². The first kappa shape index (κ1) is 29.9. The number of nitrogens with one attached hydrogen (secondary N) is 2. The van der Waals surface area contributed by atoms with E-state index in [9.17, 15) is 22.4 Å². The maximum Gasteiger partial charge on any atom is 0.264 e. The quantitative estimate of drug-likeness (QED) is 0.190. The molecule has 0 spiro atoms. The summed E-state index contributed by atoms with van der Waals surface area (Å²) < 4.78 is 46.5. The normalized spacial score (nSPS) is 11.2. The molecule has 216 valence electrons. The second-order valence-electron chi connectivity index (χ2n) is 9.21. The van der Waals surface area contributed by atoms with Crippen LogP contribution in [0, 0.1) is 12.7 Å². The van der Waals surface area contributed by atoms with Crippen molar-refractivity contribution in [3.63, 3.8) is 0 Å². The van der Waals surface area contributed by atoms with E-state index in [0.29, 0.717) is 17.9 Å². The smallest absolute Gasteiger partial charge is 0.264 e. The minimum atomic E-state index is -4.18. The van der Waals surface area contributed by atoms with Gasteiger partial charge in [0, 0.05) is 6.54 Å². The number of sulfonamides is 1. The van der Waals surface area contributed by atoms with Crippen LogP contribution in [0.15, 0.2) is 113 Å². The number of aryl methyl sites for hydroxylation is 1. The van der Waals surface area contributed by atoms with E-state index >= 15 is 0 Å². The SMILES string of the molecule is Cc1ccc(N(CC(=O)N/N=C\c2ccc(OCC(=O)NCc3ccccc3)cc2)S(=O)(=O)c2ccc(F)cc2)cc1. The topological polar surface area (TPSA) is 117 Å². The van der Waals surface area contributed by atoms with Crippen molar-refractivity contribution >= 4 is 33.7 Å². The Labute approximate surface area is 243 Å². The Bertz CT molecular complexity index is 1630. The summed E-state index contributed by atoms with van der Waals surface area (Å²) in [5, 5.41) is 6.71. The van der Waals surface area contributed by atoms with Crippen LogP contribution in [0.5, 0.6) is 5.75 Å². The first-order chi connectivity index (χ1) is 20.2. The average molecular weight is 589 g/mol. The Morgan fingerprint density at radius 1 is 0.881 bits per heavy atom. The molecule has 4 aromatic carbocycles. The van der Waals surface area contributed by atoms with Gasteiger partial charge in [0.2, 0.25) is 0 Å². The fourth-order valence-electron chi connectivity index (χ4n) is 3.75. The van der Waals surface area contributed by atoms with E-state index in [2.05, 4.69) is 15.8 Å². The summed E-state index contributed by atoms with van der Waals surface area (Å²) in [5.41, 5.74) is 5.14. The first-order valence-electron chi connectivity index (χ1n) is 12.9. The fraction of sp³-hybridized carbons (Fsp3) is 0.129. The summed E-state index contributed by atoms with van der Waals surface area (Å²) in [6.45, 7) is 1.56. The molecule has 0 aliphatic rings. The number of hydrogen-bond acceptors (Lipinski definition) is 6. The zero-order valence-electron chi connectivity index (χ0n) is 22.7. The number of carbonyl (C=O) groups excluding carboxylic acids is 2. The van der Waals surface area contributed by atoms with Gasteiger partial charge in [-0.15, -0.1) is 0 Å². The van der Waals surface area contributed by atoms with Gasteiger partial charge in [-0.2, -0.15) is 5.10 Å². The summed E-state index contributed by atoms with van der Waals surface area (Å²) in [6.07, 6.45) is 1.39. The van der Waals surface area contributed by atoms with Gasteiger partial charge in [-0.3, -0.25) is 13.9 Å². The van der Waals surface area contributed by atoms with E-state index in [1.54, 1.807) is 48.5 Å². The third-order valence-corrected chi connectivity index (χ3v) is 7.78. The number of hydrazone groups is 1. The highest BCUT2D eigenvalue weighted by Gasteiger charge is 2.27. The molecule has 0 heterocycles. The number of benzene rings is 4. The molecule has 4 rings (SSSR count). The number of rotatable bonds is 12. The molecule has 0 saturated heterocycles. The summed E-state index contributed by atoms with van der Waals surface area (Å²) in [6, 6.07) is 27.2. The Kier molecular flexibility index (Phi) is 10.0. The van der Waals surface area contributed by atoms with Gasteiger partial charge in [-0.05, 0) is 78.7 Å². The van der Waals surface area contributed by atoms with Crippen molar-refractivity contribution in [2.45, 2.75) is 18.4 Å². The van der Waals surface area contributed by atoms with Gasteiger partial charge in [0.1, 0.15) is 18.1 Å². The molecule has 0 fully saturated rings. The molecule has 42 heavy (non-hydrogen) atoms. The molecule has 9 nitrogen and oxygen atoms in total. The molecule has 0 aromatic heterocycles. The van der Waals surface area contributed by atoms with Crippen molar-refractivity contribution in [1.82, 2.24) is 10.7 Å². The molecular formula is C31H29FN4O5S. The lowest BCUT2D eigenvalue weighted by Crippen LogP contribution is -2.39. The van der Waals surface area contributed by atoms with Crippen molar-refractivity contribution in [1.29, 1.82) is 0 Å². The molecule has 11 heteroatoms. The number of ether oxygens (including phenoxy) is 1. The summed E-state index contributed by atoms with van der Waals surface area (Å²) >= 11 is 0. The first-order valence-corrected chi connectivity index (χ1v) is 14.3. The third kappa shape index (κ3) is 8.48. The Morgan fingerprint density at radius 2 is 1.55 bits per heavy atom. The standard InChI is InChI=1S/C31H29FN4O5S/c1-23-7-13-27(14-8-23)36(42(39,40)29-17-11-26(32)12-18-29)21-30(37)35-34-20-25-9-15-28(16-10-25)41-22-31(38)33-19-24-5-3-2-4-6-24/h2-18,20H,19,21-22H2,1H3,(H,33,38)(H,35,37)/b34-20-. The van der Waals surface area contributed by atoms with Gasteiger partial charge in [-0.1, -0.05) is 48.0 Å². The zero-order chi connectivity index (χ0) is 30.0. The van der Waals surface area contributed by atoms with Crippen LogP contribution in [0.25, 0.3) is 0 Å². The van der Waals surface area contributed by atoms with Crippen molar-refractivity contribution in [3.05, 3.63) is 126 Å². The summed E-state index contributed by atoms with van der Waals surface area (Å²) in [4.78, 5) is 24.6. The maximum absolute atomic E-state index is 13.4. The largest absolute Gasteiger partial charge is 0.484 e. The third-order valence-electron chi connectivity index (χ3n) is 6.00. The predicted molar refractivity (Wildman–Crippen MR) is 158 cm³/mol. The molecule has 0 atom stereocenters. The van der Waals surface area contributed by atoms with Gasteiger partial charge in [0.15, 0.2) is 6.61 Å². The Hall–Kier alpha value is -5.03. The second-order valence-corrected chi connectivity index (χ2v) is 11.1. The van der Waals surface area contributed by atoms with E-state index in [4.69, 9.17) is 4.74 Å². The van der Waals surface area contributed by atoms with Gasteiger partial charge in [-0.25, -0.2) is 18.2 Å². The van der Waals surface area contributed by atoms with Crippen molar-refractivity contribution in [2.75, 3.05) is 17.5 Å². The van der Waals surface area contributed by atoms with E-state index in [0.717, 1.165) is 39.7 Å². The van der Waals surface area contributed by atoms with Crippen molar-refractivity contribution in [2.24, 2.45) is 5.10 Å². The minimum Gasteiger partial charge on any atom is -0.484 e. The van der Waals surface area contributed by atoms with E-state index in [1.807, 2.05) is 37.3 Å². The molecule has 0 aliphatic heterocycles. The average Bonchev–Trinajstić information content (AvgIpc) is 2.99. The molecule has 0 radical (unpaired) electrons. The summed E-state index contributed by atoms with van der Waals surface area (Å²) in [5.74, 6) is -1.04. The molecule has 4 aromatic rings. The number of halogens is 1. The fourth-order valence-corrected chi connectivity index (χ4v) is 5.17. The zero-order valence-corrected chi connectivity index (χ0v) is 23.6. The molecule has 0 aliphatic carbocycles. The Balaban J connectivity index is 1.32. The van der Waals surface area contributed by atoms with E-state index in [-0.39, 0.29) is 23.1 Å². The van der Waals surface area contributed by atoms with Crippen LogP contribution in [-0.4, -0.2) is 39.6 Å². The molecular weight excluding hydrogens is 559 g/mol. The van der Waals surface area contributed by atoms with Gasteiger partial charge in [0.25, 0.3) is 21.8 Å². The van der Waals surface area contributed by atoms with E-state index < -0.39 is 28.3 Å². The predicted octanol–water partition coefficient (Wildman–Crippen LogP) is 4.17. The van der Waals surface area contributed by atoms with Crippen LogP contribution in [0.2, 0.25) is 0 Å². The molecule has 2 N–H and O–H groups in total. The van der Waals surface area contributed by atoms with Crippen molar-refractivity contribution in [3.8, 4) is 5.75 Å².